The van der Waals surface area contributed by atoms with Crippen LogP contribution in [0.4, 0.5) is 0 Å². The first kappa shape index (κ1) is 20.5. The molecule has 0 bridgehead atoms. The van der Waals surface area contributed by atoms with Crippen LogP contribution in [0.1, 0.15) is 17.2 Å². The summed E-state index contributed by atoms with van der Waals surface area (Å²) in [7, 11) is 0. The molecule has 1 amide bonds. The Balaban J connectivity index is 1.28. The maximum atomic E-state index is 13.3. The van der Waals surface area contributed by atoms with Crippen LogP contribution >= 0.6 is 0 Å². The highest BCUT2D eigenvalue weighted by atomic mass is 16.5. The van der Waals surface area contributed by atoms with E-state index in [-0.39, 0.29) is 12.0 Å². The predicted molar refractivity (Wildman–Crippen MR) is 118 cm³/mol. The number of nitrogens with zero attached hydrogens (tertiary/aromatic N) is 4. The Morgan fingerprint density at radius 3 is 2.72 bits per heavy atom. The zero-order chi connectivity index (χ0) is 21.8. The van der Waals surface area contributed by atoms with Gasteiger partial charge in [-0.1, -0.05) is 24.3 Å². The number of benzene rings is 1. The largest absolute Gasteiger partial charge is 0.487 e. The van der Waals surface area contributed by atoms with E-state index in [1.54, 1.807) is 24.8 Å². The van der Waals surface area contributed by atoms with Gasteiger partial charge in [0.25, 0.3) is 0 Å². The molecular formula is C24H25N5O3. The molecular weight excluding hydrogens is 406 g/mol. The molecule has 1 fully saturated rings. The molecule has 8 nitrogen and oxygen atoms in total. The molecule has 0 aliphatic carbocycles. The van der Waals surface area contributed by atoms with E-state index in [1.807, 2.05) is 24.3 Å². The smallest absolute Gasteiger partial charge is 0.242 e. The molecule has 5 rings (SSSR count). The summed E-state index contributed by atoms with van der Waals surface area (Å²) in [6.07, 6.45) is 9.17. The first-order valence-electron chi connectivity index (χ1n) is 10.8. The van der Waals surface area contributed by atoms with Crippen LogP contribution in [0, 0.1) is 0 Å². The number of hydrogen-bond donors (Lipinski definition) is 1. The fourth-order valence-electron chi connectivity index (χ4n) is 4.33. The number of ether oxygens (including phenoxy) is 2. The number of carbonyl (C=O) groups is 1. The molecule has 164 valence electrons. The molecule has 2 aliphatic rings. The van der Waals surface area contributed by atoms with Crippen molar-refractivity contribution in [3.63, 3.8) is 0 Å². The van der Waals surface area contributed by atoms with Crippen molar-refractivity contribution < 1.29 is 14.3 Å². The van der Waals surface area contributed by atoms with Gasteiger partial charge in [0.15, 0.2) is 0 Å². The first-order valence-corrected chi connectivity index (χ1v) is 10.8. The number of carbonyl (C=O) groups excluding carboxylic acids is 1. The average molecular weight is 431 g/mol. The number of pyridine rings is 1. The van der Waals surface area contributed by atoms with E-state index >= 15 is 0 Å². The highest BCUT2D eigenvalue weighted by molar-refractivity contribution is 5.83. The van der Waals surface area contributed by atoms with Gasteiger partial charge in [0.05, 0.1) is 19.8 Å². The van der Waals surface area contributed by atoms with Crippen LogP contribution in [-0.4, -0.2) is 64.7 Å². The summed E-state index contributed by atoms with van der Waals surface area (Å²) in [5, 5.41) is 3.12. The number of para-hydroxylation sites is 1. The summed E-state index contributed by atoms with van der Waals surface area (Å²) in [5.74, 6) is 0.801. The van der Waals surface area contributed by atoms with Gasteiger partial charge in [-0.15, -0.1) is 0 Å². The standard InChI is InChI=1S/C24H25N5O3/c30-24(22(18-4-2-6-25-12-18)29-7-9-31-10-8-29)28-15-20-11-17-3-1-5-21(23(17)32-20)19-13-26-16-27-14-19/h1-6,12-14,16,20,22H,7-11,15H2,(H,28,30)/t20-,22-/m0/s1. The van der Waals surface area contributed by atoms with E-state index in [1.165, 1.54) is 6.33 Å². The number of hydrogen-bond acceptors (Lipinski definition) is 7. The number of morpholine rings is 1. The summed E-state index contributed by atoms with van der Waals surface area (Å²) in [6.45, 7) is 3.09. The van der Waals surface area contributed by atoms with E-state index in [9.17, 15) is 4.79 Å². The number of rotatable bonds is 6. The van der Waals surface area contributed by atoms with Crippen LogP contribution in [-0.2, 0) is 16.0 Å². The first-order chi connectivity index (χ1) is 15.8. The molecule has 4 heterocycles. The predicted octanol–water partition coefficient (Wildman–Crippen LogP) is 2.03. The van der Waals surface area contributed by atoms with Crippen LogP contribution < -0.4 is 10.1 Å². The van der Waals surface area contributed by atoms with Crippen LogP contribution in [0.5, 0.6) is 5.75 Å². The Morgan fingerprint density at radius 2 is 1.94 bits per heavy atom. The summed E-state index contributed by atoms with van der Waals surface area (Å²) >= 11 is 0. The van der Waals surface area contributed by atoms with Gasteiger partial charge in [0, 0.05) is 55.4 Å². The van der Waals surface area contributed by atoms with E-state index in [2.05, 4.69) is 31.2 Å². The normalized spacial score (nSPS) is 19.1. The monoisotopic (exact) mass is 431 g/mol. The van der Waals surface area contributed by atoms with Crippen molar-refractivity contribution in [1.29, 1.82) is 0 Å². The Morgan fingerprint density at radius 1 is 1.09 bits per heavy atom. The van der Waals surface area contributed by atoms with Crippen LogP contribution in [0.15, 0.2) is 61.4 Å². The molecule has 2 aromatic heterocycles. The zero-order valence-electron chi connectivity index (χ0n) is 17.7. The highest BCUT2D eigenvalue weighted by Gasteiger charge is 2.31. The fourth-order valence-corrected chi connectivity index (χ4v) is 4.33. The minimum atomic E-state index is -0.395. The van der Waals surface area contributed by atoms with Gasteiger partial charge in [-0.25, -0.2) is 9.97 Å². The number of aromatic nitrogens is 3. The quantitative estimate of drug-likeness (QED) is 0.639. The third-order valence-electron chi connectivity index (χ3n) is 5.86. The fraction of sp³-hybridized carbons (Fsp3) is 0.333. The van der Waals surface area contributed by atoms with Gasteiger partial charge in [0.2, 0.25) is 5.91 Å². The Kier molecular flexibility index (Phi) is 6.04. The van der Waals surface area contributed by atoms with E-state index in [0.717, 1.165) is 34.4 Å². The lowest BCUT2D eigenvalue weighted by Gasteiger charge is -2.33. The maximum absolute atomic E-state index is 13.3. The summed E-state index contributed by atoms with van der Waals surface area (Å²) < 4.78 is 11.7. The average Bonchev–Trinajstić information content (AvgIpc) is 3.28. The van der Waals surface area contributed by atoms with Crippen molar-refractivity contribution in [1.82, 2.24) is 25.2 Å². The van der Waals surface area contributed by atoms with Crippen molar-refractivity contribution >= 4 is 5.91 Å². The lowest BCUT2D eigenvalue weighted by Crippen LogP contribution is -2.47. The number of amides is 1. The Labute approximate surface area is 186 Å². The second kappa shape index (κ2) is 9.42. The minimum Gasteiger partial charge on any atom is -0.487 e. The highest BCUT2D eigenvalue weighted by Crippen LogP contribution is 2.38. The molecule has 0 unspecified atom stereocenters. The molecule has 0 saturated carbocycles. The molecule has 1 N–H and O–H groups in total. The van der Waals surface area contributed by atoms with E-state index in [4.69, 9.17) is 9.47 Å². The van der Waals surface area contributed by atoms with Crippen LogP contribution in [0.25, 0.3) is 11.1 Å². The molecule has 1 saturated heterocycles. The summed E-state index contributed by atoms with van der Waals surface area (Å²) in [6, 6.07) is 9.51. The SMILES string of the molecule is O=C(NC[C@@H]1Cc2cccc(-c3cncnc3)c2O1)[C@H](c1cccnc1)N1CCOCC1. The lowest BCUT2D eigenvalue weighted by atomic mass is 10.0. The lowest BCUT2D eigenvalue weighted by molar-refractivity contribution is -0.128. The summed E-state index contributed by atoms with van der Waals surface area (Å²) in [5.41, 5.74) is 3.90. The Bertz CT molecular complexity index is 1060. The topological polar surface area (TPSA) is 89.5 Å². The Hall–Kier alpha value is -3.36. The van der Waals surface area contributed by atoms with Gasteiger partial charge in [-0.2, -0.15) is 0 Å². The van der Waals surface area contributed by atoms with Gasteiger partial charge >= 0.3 is 0 Å². The van der Waals surface area contributed by atoms with Crippen molar-refractivity contribution in [2.24, 2.45) is 0 Å². The van der Waals surface area contributed by atoms with Crippen LogP contribution in [0.3, 0.4) is 0 Å². The van der Waals surface area contributed by atoms with Crippen molar-refractivity contribution in [3.8, 4) is 16.9 Å². The molecule has 32 heavy (non-hydrogen) atoms. The van der Waals surface area contributed by atoms with Crippen LogP contribution in [0.2, 0.25) is 0 Å². The molecule has 8 heteroatoms. The van der Waals surface area contributed by atoms with E-state index < -0.39 is 6.04 Å². The molecule has 0 spiro atoms. The van der Waals surface area contributed by atoms with Crippen molar-refractivity contribution in [2.75, 3.05) is 32.8 Å². The van der Waals surface area contributed by atoms with Gasteiger partial charge < -0.3 is 14.8 Å². The third-order valence-corrected chi connectivity index (χ3v) is 5.86. The second-order valence-electron chi connectivity index (χ2n) is 7.95. The third kappa shape index (κ3) is 4.32. The van der Waals surface area contributed by atoms with Crippen molar-refractivity contribution in [2.45, 2.75) is 18.6 Å². The van der Waals surface area contributed by atoms with Crippen molar-refractivity contribution in [3.05, 3.63) is 72.6 Å². The molecule has 0 radical (unpaired) electrons. The van der Waals surface area contributed by atoms with Gasteiger partial charge in [-0.05, 0) is 17.2 Å². The summed E-state index contributed by atoms with van der Waals surface area (Å²) in [4.78, 5) is 27.9. The molecule has 2 atom stereocenters. The van der Waals surface area contributed by atoms with Gasteiger partial charge in [0.1, 0.15) is 24.2 Å². The number of fused-ring (bicyclic) bond motifs is 1. The maximum Gasteiger partial charge on any atom is 0.242 e. The molecule has 2 aliphatic heterocycles. The number of nitrogens with one attached hydrogen (secondary N) is 1. The second-order valence-corrected chi connectivity index (χ2v) is 7.95. The zero-order valence-corrected chi connectivity index (χ0v) is 17.7. The van der Waals surface area contributed by atoms with Gasteiger partial charge in [-0.3, -0.25) is 14.7 Å². The molecule has 1 aromatic carbocycles. The van der Waals surface area contributed by atoms with E-state index in [0.29, 0.717) is 32.8 Å². The molecule has 3 aromatic rings. The minimum absolute atomic E-state index is 0.0452.